The van der Waals surface area contributed by atoms with Crippen molar-refractivity contribution in [3.8, 4) is 11.3 Å². The summed E-state index contributed by atoms with van der Waals surface area (Å²) >= 11 is 5.02. The van der Waals surface area contributed by atoms with Gasteiger partial charge in [0.1, 0.15) is 5.00 Å². The van der Waals surface area contributed by atoms with Gasteiger partial charge in [0.2, 0.25) is 0 Å². The Bertz CT molecular complexity index is 1480. The highest BCUT2D eigenvalue weighted by Crippen LogP contribution is 2.40. The number of carbonyl (C=O) groups is 2. The number of nitrogens with zero attached hydrogens (tertiary/aromatic N) is 1. The number of thiophene rings is 1. The fraction of sp³-hybridized carbons (Fsp3) is 0.276. The number of esters is 1. The molecule has 0 radical (unpaired) electrons. The van der Waals surface area contributed by atoms with Gasteiger partial charge in [0.25, 0.3) is 5.91 Å². The van der Waals surface area contributed by atoms with Crippen molar-refractivity contribution in [1.29, 1.82) is 0 Å². The maximum absolute atomic E-state index is 13.8. The van der Waals surface area contributed by atoms with Crippen molar-refractivity contribution < 1.29 is 14.3 Å². The minimum atomic E-state index is -0.373. The molecule has 0 aliphatic heterocycles. The molecular formula is C29H27BrN2O3S. The van der Waals surface area contributed by atoms with Crippen molar-refractivity contribution in [1.82, 2.24) is 4.98 Å². The van der Waals surface area contributed by atoms with Crippen LogP contribution in [0.15, 0.2) is 59.1 Å². The van der Waals surface area contributed by atoms with Crippen molar-refractivity contribution in [3.63, 3.8) is 0 Å². The lowest BCUT2D eigenvalue weighted by atomic mass is 9.88. The number of ether oxygens (including phenoxy) is 1. The van der Waals surface area contributed by atoms with Gasteiger partial charge in [-0.05, 0) is 68.9 Å². The van der Waals surface area contributed by atoms with Gasteiger partial charge >= 0.3 is 5.97 Å². The molecule has 0 saturated heterocycles. The fourth-order valence-corrected chi connectivity index (χ4v) is 6.45. The smallest absolute Gasteiger partial charge is 0.341 e. The molecule has 2 aromatic heterocycles. The van der Waals surface area contributed by atoms with Gasteiger partial charge in [0.05, 0.1) is 28.4 Å². The third-order valence-electron chi connectivity index (χ3n) is 6.37. The van der Waals surface area contributed by atoms with Gasteiger partial charge in [-0.3, -0.25) is 4.79 Å². The Labute approximate surface area is 223 Å². The van der Waals surface area contributed by atoms with Crippen LogP contribution in [-0.2, 0) is 17.6 Å². The van der Waals surface area contributed by atoms with Gasteiger partial charge in [-0.1, -0.05) is 53.2 Å². The number of rotatable bonds is 5. The second kappa shape index (κ2) is 10.1. The second-order valence-electron chi connectivity index (χ2n) is 9.55. The quantitative estimate of drug-likeness (QED) is 0.253. The third kappa shape index (κ3) is 4.95. The van der Waals surface area contributed by atoms with Crippen molar-refractivity contribution >= 4 is 55.0 Å². The molecule has 5 nitrogen and oxygen atoms in total. The Balaban J connectivity index is 1.58. The first kappa shape index (κ1) is 24.7. The van der Waals surface area contributed by atoms with Gasteiger partial charge in [-0.15, -0.1) is 11.3 Å². The van der Waals surface area contributed by atoms with E-state index in [-0.39, 0.29) is 18.0 Å². The van der Waals surface area contributed by atoms with Crippen molar-refractivity contribution in [2.75, 3.05) is 5.32 Å². The van der Waals surface area contributed by atoms with E-state index in [1.54, 1.807) is 0 Å². The molecule has 0 spiro atoms. The Morgan fingerprint density at radius 2 is 1.94 bits per heavy atom. The van der Waals surface area contributed by atoms with Crippen LogP contribution in [0, 0.1) is 5.92 Å². The number of nitrogens with one attached hydrogen (secondary N) is 1. The van der Waals surface area contributed by atoms with Gasteiger partial charge in [-0.2, -0.15) is 0 Å². The minimum Gasteiger partial charge on any atom is -0.459 e. The van der Waals surface area contributed by atoms with Crippen LogP contribution in [-0.4, -0.2) is 23.0 Å². The molecule has 1 aliphatic rings. The van der Waals surface area contributed by atoms with E-state index in [2.05, 4.69) is 28.2 Å². The van der Waals surface area contributed by atoms with Gasteiger partial charge in [-0.25, -0.2) is 9.78 Å². The van der Waals surface area contributed by atoms with E-state index in [4.69, 9.17) is 9.72 Å². The zero-order valence-electron chi connectivity index (χ0n) is 20.4. The molecule has 2 aromatic carbocycles. The topological polar surface area (TPSA) is 68.3 Å². The molecule has 184 valence electrons. The Kier molecular flexibility index (Phi) is 6.95. The summed E-state index contributed by atoms with van der Waals surface area (Å²) in [6.07, 6.45) is 2.50. The normalized spacial score (nSPS) is 15.1. The van der Waals surface area contributed by atoms with Crippen molar-refractivity contribution in [2.24, 2.45) is 5.92 Å². The van der Waals surface area contributed by atoms with E-state index in [0.717, 1.165) is 50.6 Å². The molecule has 7 heteroatoms. The summed E-state index contributed by atoms with van der Waals surface area (Å²) < 4.78 is 6.51. The van der Waals surface area contributed by atoms with E-state index in [0.29, 0.717) is 27.7 Å². The number of hydrogen-bond donors (Lipinski definition) is 1. The molecule has 2 heterocycles. The fourth-order valence-electron chi connectivity index (χ4n) is 4.66. The first-order chi connectivity index (χ1) is 17.3. The van der Waals surface area contributed by atoms with E-state index in [9.17, 15) is 9.59 Å². The number of anilines is 1. The van der Waals surface area contributed by atoms with Crippen LogP contribution in [0.2, 0.25) is 0 Å². The van der Waals surface area contributed by atoms with Crippen LogP contribution in [0.3, 0.4) is 0 Å². The highest BCUT2D eigenvalue weighted by atomic mass is 79.9. The molecule has 1 aliphatic carbocycles. The van der Waals surface area contributed by atoms with Gasteiger partial charge in [0, 0.05) is 20.3 Å². The molecule has 0 fully saturated rings. The number of benzene rings is 2. The number of fused-ring (bicyclic) bond motifs is 2. The molecule has 0 saturated carbocycles. The monoisotopic (exact) mass is 562 g/mol. The standard InChI is InChI=1S/C29H27BrN2O3S/c1-16(2)35-29(34)26-21-12-11-17(3)13-25(21)36-28(26)32-27(33)22-15-24(18-7-6-8-19(30)14-18)31-23-10-5-4-9-20(22)23/h4-10,14-17H,11-13H2,1-3H3,(H,32,33). The summed E-state index contributed by atoms with van der Waals surface area (Å²) in [5.41, 5.74) is 4.39. The molecule has 1 atom stereocenters. The van der Waals surface area contributed by atoms with E-state index < -0.39 is 0 Å². The minimum absolute atomic E-state index is 0.240. The van der Waals surface area contributed by atoms with Crippen LogP contribution in [0.25, 0.3) is 22.2 Å². The lowest BCUT2D eigenvalue weighted by molar-refractivity contribution is 0.0378. The zero-order valence-corrected chi connectivity index (χ0v) is 22.8. The summed E-state index contributed by atoms with van der Waals surface area (Å²) in [7, 11) is 0. The molecule has 1 amide bonds. The SMILES string of the molecule is CC1CCc2c(sc(NC(=O)c3cc(-c4cccc(Br)c4)nc4ccccc34)c2C(=O)OC(C)C)C1. The lowest BCUT2D eigenvalue weighted by Gasteiger charge is -2.19. The predicted molar refractivity (Wildman–Crippen MR) is 149 cm³/mol. The maximum Gasteiger partial charge on any atom is 0.341 e. The average molecular weight is 564 g/mol. The van der Waals surface area contributed by atoms with E-state index in [1.807, 2.05) is 68.4 Å². The first-order valence-electron chi connectivity index (χ1n) is 12.1. The van der Waals surface area contributed by atoms with Crippen molar-refractivity contribution in [3.05, 3.63) is 80.6 Å². The lowest BCUT2D eigenvalue weighted by Crippen LogP contribution is -2.19. The maximum atomic E-state index is 13.8. The molecule has 0 bridgehead atoms. The Hall–Kier alpha value is -3.03. The number of halogens is 1. The van der Waals surface area contributed by atoms with E-state index >= 15 is 0 Å². The average Bonchev–Trinajstić information content (AvgIpc) is 3.19. The summed E-state index contributed by atoms with van der Waals surface area (Å²) in [5.74, 6) is -0.0950. The number of para-hydroxylation sites is 1. The molecule has 1 N–H and O–H groups in total. The third-order valence-corrected chi connectivity index (χ3v) is 8.03. The highest BCUT2D eigenvalue weighted by Gasteiger charge is 2.30. The second-order valence-corrected chi connectivity index (χ2v) is 11.6. The summed E-state index contributed by atoms with van der Waals surface area (Å²) in [6, 6.07) is 17.3. The van der Waals surface area contributed by atoms with Crippen LogP contribution < -0.4 is 5.32 Å². The largest absolute Gasteiger partial charge is 0.459 e. The summed E-state index contributed by atoms with van der Waals surface area (Å²) in [5, 5.41) is 4.40. The van der Waals surface area contributed by atoms with Crippen LogP contribution in [0.5, 0.6) is 0 Å². The van der Waals surface area contributed by atoms with E-state index in [1.165, 1.54) is 11.3 Å². The van der Waals surface area contributed by atoms with Crippen molar-refractivity contribution in [2.45, 2.75) is 46.1 Å². The predicted octanol–water partition coefficient (Wildman–Crippen LogP) is 7.67. The first-order valence-corrected chi connectivity index (χ1v) is 13.7. The molecule has 1 unspecified atom stereocenters. The van der Waals surface area contributed by atoms with Gasteiger partial charge < -0.3 is 10.1 Å². The number of pyridine rings is 1. The van der Waals surface area contributed by atoms with Crippen LogP contribution in [0.4, 0.5) is 5.00 Å². The molecular weight excluding hydrogens is 536 g/mol. The van der Waals surface area contributed by atoms with Gasteiger partial charge in [0.15, 0.2) is 0 Å². The number of hydrogen-bond acceptors (Lipinski definition) is 5. The number of amides is 1. The summed E-state index contributed by atoms with van der Waals surface area (Å²) in [4.78, 5) is 32.8. The van der Waals surface area contributed by atoms with Crippen LogP contribution in [0.1, 0.15) is 58.3 Å². The Morgan fingerprint density at radius 1 is 1.14 bits per heavy atom. The molecule has 36 heavy (non-hydrogen) atoms. The zero-order chi connectivity index (χ0) is 25.4. The van der Waals surface area contributed by atoms with Crippen LogP contribution >= 0.6 is 27.3 Å². The molecule has 5 rings (SSSR count). The number of aromatic nitrogens is 1. The Morgan fingerprint density at radius 3 is 2.72 bits per heavy atom. The number of carbonyl (C=O) groups excluding carboxylic acids is 2. The molecule has 4 aromatic rings. The highest BCUT2D eigenvalue weighted by molar-refractivity contribution is 9.10. The summed E-state index contributed by atoms with van der Waals surface area (Å²) in [6.45, 7) is 5.90.